The molecular formula is C33H37FN6O4. The maximum absolute atomic E-state index is 16.5. The predicted octanol–water partition coefficient (Wildman–Crippen LogP) is 5.44. The van der Waals surface area contributed by atoms with Crippen molar-refractivity contribution in [2.24, 2.45) is 11.8 Å². The number of likely N-dealkylation sites (N-methyl/N-ethyl adjacent to an activating group) is 1. The van der Waals surface area contributed by atoms with Crippen LogP contribution < -0.4 is 10.1 Å². The molecule has 2 aromatic heterocycles. The monoisotopic (exact) mass is 600 g/mol. The lowest BCUT2D eigenvalue weighted by Crippen LogP contribution is -2.38. The average Bonchev–Trinajstić information content (AvgIpc) is 3.26. The molecule has 4 heterocycles. The van der Waals surface area contributed by atoms with Crippen molar-refractivity contribution in [2.45, 2.75) is 51.3 Å². The van der Waals surface area contributed by atoms with Gasteiger partial charge in [-0.25, -0.2) is 9.18 Å². The molecule has 0 radical (unpaired) electrons. The van der Waals surface area contributed by atoms with E-state index in [0.717, 1.165) is 30.2 Å². The molecule has 1 amide bonds. The van der Waals surface area contributed by atoms with E-state index < -0.39 is 11.4 Å². The van der Waals surface area contributed by atoms with Gasteiger partial charge in [-0.1, -0.05) is 24.3 Å². The minimum Gasteiger partial charge on any atom is -0.508 e. The molecule has 0 unspecified atom stereocenters. The summed E-state index contributed by atoms with van der Waals surface area (Å²) in [4.78, 5) is 30.3. The van der Waals surface area contributed by atoms with E-state index in [0.29, 0.717) is 36.5 Å². The van der Waals surface area contributed by atoms with E-state index in [1.54, 1.807) is 17.2 Å². The fourth-order valence-electron chi connectivity index (χ4n) is 6.62. The number of likely N-dealkylation sites (tertiary alicyclic amines) is 2. The number of rotatable bonds is 6. The lowest BCUT2D eigenvalue weighted by molar-refractivity contribution is 0.0272. The van der Waals surface area contributed by atoms with Gasteiger partial charge in [0.25, 0.3) is 0 Å². The van der Waals surface area contributed by atoms with Crippen molar-refractivity contribution < 1.29 is 23.8 Å². The molecule has 1 saturated carbocycles. The summed E-state index contributed by atoms with van der Waals surface area (Å²) in [6, 6.07) is 11.0. The normalized spacial score (nSPS) is 23.2. The van der Waals surface area contributed by atoms with Crippen LogP contribution in [0.3, 0.4) is 0 Å². The van der Waals surface area contributed by atoms with E-state index in [-0.39, 0.29) is 53.0 Å². The Balaban J connectivity index is 1.21. The van der Waals surface area contributed by atoms with Crippen molar-refractivity contribution >= 4 is 33.6 Å². The van der Waals surface area contributed by atoms with Crippen molar-refractivity contribution in [3.8, 4) is 23.0 Å². The molecule has 230 valence electrons. The van der Waals surface area contributed by atoms with E-state index in [1.807, 2.05) is 45.0 Å². The Bertz CT molecular complexity index is 1750. The number of hydrogen-bond acceptors (Lipinski definition) is 9. The number of phenols is 1. The number of pyridine rings is 1. The van der Waals surface area contributed by atoms with Gasteiger partial charge in [0, 0.05) is 48.8 Å². The largest absolute Gasteiger partial charge is 0.508 e. The van der Waals surface area contributed by atoms with Gasteiger partial charge < -0.3 is 29.7 Å². The van der Waals surface area contributed by atoms with Crippen LogP contribution in [0.1, 0.15) is 33.6 Å². The number of ether oxygens (including phenoxy) is 2. The fourth-order valence-corrected chi connectivity index (χ4v) is 6.62. The Kier molecular flexibility index (Phi) is 6.95. The molecule has 7 rings (SSSR count). The molecule has 3 aliphatic rings. The van der Waals surface area contributed by atoms with Crippen LogP contribution in [-0.4, -0.2) is 86.9 Å². The average molecular weight is 601 g/mol. The molecule has 0 spiro atoms. The summed E-state index contributed by atoms with van der Waals surface area (Å²) >= 11 is 0. The van der Waals surface area contributed by atoms with Gasteiger partial charge in [0.15, 0.2) is 5.82 Å². The Morgan fingerprint density at radius 2 is 1.91 bits per heavy atom. The number of piperidine rings is 1. The molecule has 4 aromatic rings. The highest BCUT2D eigenvalue weighted by Crippen LogP contribution is 2.48. The van der Waals surface area contributed by atoms with Crippen molar-refractivity contribution in [3.05, 3.63) is 48.4 Å². The number of aromatic hydroxyl groups is 1. The lowest BCUT2D eigenvalue weighted by atomic mass is 10.0. The number of aromatic nitrogens is 3. The molecule has 44 heavy (non-hydrogen) atoms. The number of halogens is 1. The third kappa shape index (κ3) is 5.34. The zero-order valence-electron chi connectivity index (χ0n) is 25.4. The fraction of sp³-hybridized carbons (Fsp3) is 0.455. The van der Waals surface area contributed by atoms with Gasteiger partial charge >= 0.3 is 12.1 Å². The van der Waals surface area contributed by atoms with Crippen LogP contribution in [0.15, 0.2) is 42.6 Å². The molecular weight excluding hydrogens is 563 g/mol. The quantitative estimate of drug-likeness (QED) is 0.299. The number of anilines is 1. The molecule has 10 nitrogen and oxygen atoms in total. The van der Waals surface area contributed by atoms with Crippen LogP contribution in [-0.2, 0) is 4.74 Å². The number of hydrogen-bond donors (Lipinski definition) is 2. The van der Waals surface area contributed by atoms with Gasteiger partial charge in [0.2, 0.25) is 0 Å². The second-order valence-corrected chi connectivity index (χ2v) is 13.2. The number of phenolic OH excluding ortho intramolecular Hbond substituents is 1. The smallest absolute Gasteiger partial charge is 0.410 e. The first-order chi connectivity index (χ1) is 21.1. The second kappa shape index (κ2) is 10.7. The Labute approximate surface area is 255 Å². The van der Waals surface area contributed by atoms with Gasteiger partial charge in [-0.15, -0.1) is 0 Å². The number of nitrogens with zero attached hydrogens (tertiary/aromatic N) is 5. The van der Waals surface area contributed by atoms with E-state index in [9.17, 15) is 9.90 Å². The third-order valence-electron chi connectivity index (χ3n) is 8.99. The molecule has 0 bridgehead atoms. The highest BCUT2D eigenvalue weighted by Gasteiger charge is 2.57. The highest BCUT2D eigenvalue weighted by atomic mass is 19.1. The topological polar surface area (TPSA) is 113 Å². The van der Waals surface area contributed by atoms with Crippen LogP contribution in [0.2, 0.25) is 0 Å². The minimum atomic E-state index is -0.612. The first-order valence-electron chi connectivity index (χ1n) is 15.2. The maximum atomic E-state index is 16.5. The lowest BCUT2D eigenvalue weighted by Gasteiger charge is -2.26. The van der Waals surface area contributed by atoms with Crippen LogP contribution in [0.25, 0.3) is 32.9 Å². The van der Waals surface area contributed by atoms with E-state index in [1.165, 1.54) is 6.07 Å². The minimum absolute atomic E-state index is 0.0236. The van der Waals surface area contributed by atoms with Gasteiger partial charge in [0.1, 0.15) is 35.0 Å². The van der Waals surface area contributed by atoms with E-state index in [2.05, 4.69) is 32.2 Å². The standard InChI is InChI=1S/C33H37FN6O4/c1-33(2,3)44-32(42)40-15-24-25(16-40)27(24)36-30-23-14-35-28(22-13-20(41)12-18-8-5-6-10-21(18)22)26(34)29(23)37-31(38-30)43-17-19-9-7-11-39(19)4/h5-6,8,10,12-14,19,24-25,27,41H,7,9,11,15-17H2,1-4H3,(H,36,37,38)/t19-,24+,25+/m0/s1. The molecule has 1 aliphatic carbocycles. The summed E-state index contributed by atoms with van der Waals surface area (Å²) < 4.78 is 28.1. The highest BCUT2D eigenvalue weighted by molar-refractivity contribution is 5.99. The molecule has 11 heteroatoms. The number of amides is 1. The summed E-state index contributed by atoms with van der Waals surface area (Å²) in [6.07, 6.45) is 3.39. The summed E-state index contributed by atoms with van der Waals surface area (Å²) in [5.74, 6) is 0.334. The van der Waals surface area contributed by atoms with Crippen LogP contribution in [0, 0.1) is 17.7 Å². The van der Waals surface area contributed by atoms with Gasteiger partial charge in [-0.2, -0.15) is 9.97 Å². The first-order valence-corrected chi connectivity index (χ1v) is 15.2. The van der Waals surface area contributed by atoms with Crippen molar-refractivity contribution in [1.82, 2.24) is 24.8 Å². The molecule has 3 atom stereocenters. The SMILES string of the molecule is CN1CCC[C@H]1COc1nc(NC2[C@@H]3CN(C(=O)OC(C)(C)C)C[C@@H]23)c2cnc(-c3cc(O)cc4ccccc34)c(F)c2n1. The van der Waals surface area contributed by atoms with Crippen LogP contribution >= 0.6 is 0 Å². The number of carbonyl (C=O) groups is 1. The summed E-state index contributed by atoms with van der Waals surface area (Å²) in [5, 5.41) is 15.9. The molecule has 2 N–H and O–H groups in total. The van der Waals surface area contributed by atoms with E-state index >= 15 is 4.39 Å². The number of fused-ring (bicyclic) bond motifs is 3. The summed E-state index contributed by atoms with van der Waals surface area (Å²) in [5.41, 5.74) is 0.108. The number of carbonyl (C=O) groups excluding carboxylic acids is 1. The van der Waals surface area contributed by atoms with Crippen LogP contribution in [0.5, 0.6) is 11.8 Å². The van der Waals surface area contributed by atoms with Crippen molar-refractivity contribution in [2.75, 3.05) is 38.6 Å². The van der Waals surface area contributed by atoms with Crippen molar-refractivity contribution in [1.29, 1.82) is 0 Å². The summed E-state index contributed by atoms with van der Waals surface area (Å²) in [7, 11) is 2.07. The van der Waals surface area contributed by atoms with Crippen molar-refractivity contribution in [3.63, 3.8) is 0 Å². The number of nitrogens with one attached hydrogen (secondary N) is 1. The zero-order chi connectivity index (χ0) is 30.7. The van der Waals surface area contributed by atoms with Gasteiger partial charge in [0.05, 0.1) is 5.39 Å². The zero-order valence-corrected chi connectivity index (χ0v) is 25.4. The van der Waals surface area contributed by atoms with Gasteiger partial charge in [-0.3, -0.25) is 4.98 Å². The third-order valence-corrected chi connectivity index (χ3v) is 8.99. The molecule has 2 aromatic carbocycles. The van der Waals surface area contributed by atoms with Crippen LogP contribution in [0.4, 0.5) is 15.0 Å². The van der Waals surface area contributed by atoms with E-state index in [4.69, 9.17) is 9.47 Å². The maximum Gasteiger partial charge on any atom is 0.410 e. The number of benzene rings is 2. The Hall–Kier alpha value is -4.25. The van der Waals surface area contributed by atoms with Gasteiger partial charge in [-0.05, 0) is 70.1 Å². The Morgan fingerprint density at radius 3 is 2.64 bits per heavy atom. The molecule has 2 saturated heterocycles. The second-order valence-electron chi connectivity index (χ2n) is 13.2. The molecule has 3 fully saturated rings. The Morgan fingerprint density at radius 1 is 1.14 bits per heavy atom. The predicted molar refractivity (Wildman–Crippen MR) is 165 cm³/mol. The first kappa shape index (κ1) is 28.5. The summed E-state index contributed by atoms with van der Waals surface area (Å²) in [6.45, 7) is 8.15. The molecule has 2 aliphatic heterocycles.